The molecule has 16 heavy (non-hydrogen) atoms. The van der Waals surface area contributed by atoms with E-state index in [1.807, 2.05) is 11.8 Å². The van der Waals surface area contributed by atoms with Gasteiger partial charge in [0.2, 0.25) is 0 Å². The highest BCUT2D eigenvalue weighted by molar-refractivity contribution is 7.99. The Morgan fingerprint density at radius 3 is 3.06 bits per heavy atom. The molecule has 1 aromatic heterocycles. The van der Waals surface area contributed by atoms with E-state index >= 15 is 0 Å². The number of aliphatic hydroxyl groups is 1. The lowest BCUT2D eigenvalue weighted by Gasteiger charge is -2.08. The lowest BCUT2D eigenvalue weighted by atomic mass is 10.3. The lowest BCUT2D eigenvalue weighted by Crippen LogP contribution is -2.03. The third-order valence-corrected chi connectivity index (χ3v) is 4.10. The van der Waals surface area contributed by atoms with Gasteiger partial charge in [-0.1, -0.05) is 18.3 Å². The Kier molecular flexibility index (Phi) is 6.75. The Hall–Kier alpha value is -0.330. The van der Waals surface area contributed by atoms with Gasteiger partial charge in [-0.2, -0.15) is 11.8 Å². The third kappa shape index (κ3) is 4.67. The van der Waals surface area contributed by atoms with Crippen LogP contribution in [0.2, 0.25) is 0 Å². The minimum absolute atomic E-state index is 0.254. The van der Waals surface area contributed by atoms with Gasteiger partial charge < -0.3 is 10.4 Å². The van der Waals surface area contributed by atoms with Crippen molar-refractivity contribution in [1.29, 1.82) is 0 Å². The first-order valence-corrected chi connectivity index (χ1v) is 7.37. The van der Waals surface area contributed by atoms with Crippen LogP contribution in [-0.4, -0.2) is 33.1 Å². The number of aromatic nitrogens is 2. The molecule has 1 aromatic rings. The minimum Gasteiger partial charge on any atom is -0.396 e. The zero-order valence-corrected chi connectivity index (χ0v) is 11.4. The van der Waals surface area contributed by atoms with Crippen molar-refractivity contribution in [3.8, 4) is 0 Å². The molecule has 1 rings (SSSR count). The molecule has 0 spiro atoms. The number of nitrogens with zero attached hydrogens (tertiary/aromatic N) is 2. The predicted octanol–water partition coefficient (Wildman–Crippen LogP) is 2.36. The van der Waals surface area contributed by atoms with Crippen molar-refractivity contribution in [2.24, 2.45) is 0 Å². The summed E-state index contributed by atoms with van der Waals surface area (Å²) >= 11 is 3.23. The highest BCUT2D eigenvalue weighted by Gasteiger charge is 2.09. The maximum absolute atomic E-state index is 8.81. The average Bonchev–Trinajstić information content (AvgIpc) is 2.71. The van der Waals surface area contributed by atoms with Gasteiger partial charge in [0.25, 0.3) is 0 Å². The fraction of sp³-hybridized carbons (Fsp3) is 0.800. The van der Waals surface area contributed by atoms with Gasteiger partial charge in [0.05, 0.1) is 0 Å². The van der Waals surface area contributed by atoms with Crippen LogP contribution in [0.25, 0.3) is 0 Å². The minimum atomic E-state index is 0.254. The second-order valence-corrected chi connectivity index (χ2v) is 5.79. The number of rotatable bonds is 8. The summed E-state index contributed by atoms with van der Waals surface area (Å²) in [5, 5.41) is 17.8. The summed E-state index contributed by atoms with van der Waals surface area (Å²) in [6, 6.07) is 0. The highest BCUT2D eigenvalue weighted by atomic mass is 32.2. The third-order valence-electron chi connectivity index (χ3n) is 2.13. The molecule has 0 radical (unpaired) electrons. The first-order valence-electron chi connectivity index (χ1n) is 5.55. The van der Waals surface area contributed by atoms with Gasteiger partial charge >= 0.3 is 0 Å². The normalized spacial score (nSPS) is 12.7. The van der Waals surface area contributed by atoms with E-state index in [0.717, 1.165) is 35.8 Å². The molecule has 0 aliphatic rings. The summed E-state index contributed by atoms with van der Waals surface area (Å²) in [5.41, 5.74) is 1.04. The van der Waals surface area contributed by atoms with Crippen molar-refractivity contribution in [1.82, 2.24) is 9.59 Å². The van der Waals surface area contributed by atoms with Crippen molar-refractivity contribution in [2.45, 2.75) is 37.7 Å². The summed E-state index contributed by atoms with van der Waals surface area (Å²) in [6.07, 6.45) is 1.94. The molecule has 0 fully saturated rings. The van der Waals surface area contributed by atoms with Crippen LogP contribution < -0.4 is 5.32 Å². The second kappa shape index (κ2) is 7.86. The largest absolute Gasteiger partial charge is 0.396 e. The van der Waals surface area contributed by atoms with Gasteiger partial charge in [0.1, 0.15) is 10.7 Å². The van der Waals surface area contributed by atoms with Crippen molar-refractivity contribution < 1.29 is 5.11 Å². The Morgan fingerprint density at radius 1 is 1.56 bits per heavy atom. The second-order valence-electron chi connectivity index (χ2n) is 3.61. The van der Waals surface area contributed by atoms with Gasteiger partial charge in [-0.05, 0) is 12.8 Å². The van der Waals surface area contributed by atoms with Gasteiger partial charge in [0.15, 0.2) is 0 Å². The first-order chi connectivity index (χ1) is 7.77. The van der Waals surface area contributed by atoms with Crippen LogP contribution in [0.1, 0.15) is 32.4 Å². The molecule has 0 bridgehead atoms. The molecular weight excluding hydrogens is 242 g/mol. The molecule has 0 saturated carbocycles. The predicted molar refractivity (Wildman–Crippen MR) is 71.1 cm³/mol. The summed E-state index contributed by atoms with van der Waals surface area (Å²) < 4.78 is 3.97. The molecule has 1 unspecified atom stereocenters. The number of thioether (sulfide) groups is 1. The van der Waals surface area contributed by atoms with Crippen LogP contribution >= 0.6 is 23.3 Å². The standard InChI is InChI=1S/C10H19N3OS2/c1-3-5-11-10-9(12-13-16-10)7-15-8(2)4-6-14/h8,11,14H,3-7H2,1-2H3. The molecular formula is C10H19N3OS2. The van der Waals surface area contributed by atoms with Crippen molar-refractivity contribution in [3.63, 3.8) is 0 Å². The van der Waals surface area contributed by atoms with Crippen molar-refractivity contribution in [2.75, 3.05) is 18.5 Å². The Morgan fingerprint density at radius 2 is 2.38 bits per heavy atom. The molecule has 4 nitrogen and oxygen atoms in total. The number of nitrogens with one attached hydrogen (secondary N) is 1. The summed E-state index contributed by atoms with van der Waals surface area (Å²) in [5.74, 6) is 0.865. The Bertz CT molecular complexity index is 293. The highest BCUT2D eigenvalue weighted by Crippen LogP contribution is 2.25. The molecule has 0 amide bonds. The van der Waals surface area contributed by atoms with Crippen LogP contribution in [0.5, 0.6) is 0 Å². The van der Waals surface area contributed by atoms with E-state index in [9.17, 15) is 0 Å². The quantitative estimate of drug-likeness (QED) is 0.752. The topological polar surface area (TPSA) is 58.0 Å². The summed E-state index contributed by atoms with van der Waals surface area (Å²) in [7, 11) is 0. The van der Waals surface area contributed by atoms with E-state index in [0.29, 0.717) is 5.25 Å². The van der Waals surface area contributed by atoms with E-state index in [2.05, 4.69) is 28.8 Å². The van der Waals surface area contributed by atoms with Gasteiger partial charge in [0, 0.05) is 35.7 Å². The van der Waals surface area contributed by atoms with Crippen LogP contribution in [0.3, 0.4) is 0 Å². The van der Waals surface area contributed by atoms with E-state index in [-0.39, 0.29) is 6.61 Å². The van der Waals surface area contributed by atoms with Crippen molar-refractivity contribution in [3.05, 3.63) is 5.69 Å². The number of anilines is 1. The van der Waals surface area contributed by atoms with Crippen LogP contribution in [0.4, 0.5) is 5.00 Å². The van der Waals surface area contributed by atoms with E-state index < -0.39 is 0 Å². The molecule has 92 valence electrons. The molecule has 0 aliphatic heterocycles. The van der Waals surface area contributed by atoms with E-state index in [4.69, 9.17) is 5.11 Å². The maximum Gasteiger partial charge on any atom is 0.134 e. The van der Waals surface area contributed by atoms with E-state index in [1.54, 1.807) is 0 Å². The maximum atomic E-state index is 8.81. The van der Waals surface area contributed by atoms with Crippen molar-refractivity contribution >= 4 is 28.3 Å². The fourth-order valence-electron chi connectivity index (χ4n) is 1.16. The van der Waals surface area contributed by atoms with Gasteiger partial charge in [-0.3, -0.25) is 0 Å². The Labute approximate surface area is 105 Å². The summed E-state index contributed by atoms with van der Waals surface area (Å²) in [4.78, 5) is 0. The summed E-state index contributed by atoms with van der Waals surface area (Å²) in [6.45, 7) is 5.48. The smallest absolute Gasteiger partial charge is 0.134 e. The van der Waals surface area contributed by atoms with Gasteiger partial charge in [-0.25, -0.2) is 0 Å². The SMILES string of the molecule is CCCNc1snnc1CSC(C)CCO. The molecule has 6 heteroatoms. The van der Waals surface area contributed by atoms with E-state index in [1.165, 1.54) is 11.5 Å². The lowest BCUT2D eigenvalue weighted by molar-refractivity contribution is 0.289. The monoisotopic (exact) mass is 261 g/mol. The molecule has 0 saturated heterocycles. The zero-order chi connectivity index (χ0) is 11.8. The Balaban J connectivity index is 2.37. The molecule has 1 atom stereocenters. The number of hydrogen-bond donors (Lipinski definition) is 2. The average molecular weight is 261 g/mol. The van der Waals surface area contributed by atoms with Gasteiger partial charge in [-0.15, -0.1) is 5.10 Å². The molecule has 2 N–H and O–H groups in total. The van der Waals surface area contributed by atoms with Crippen LogP contribution in [0, 0.1) is 0 Å². The van der Waals surface area contributed by atoms with Crippen LogP contribution in [0.15, 0.2) is 0 Å². The number of hydrogen-bond acceptors (Lipinski definition) is 6. The molecule has 0 aliphatic carbocycles. The number of aliphatic hydroxyl groups excluding tert-OH is 1. The van der Waals surface area contributed by atoms with Crippen LogP contribution in [-0.2, 0) is 5.75 Å². The molecule has 0 aromatic carbocycles. The first kappa shape index (κ1) is 13.7. The zero-order valence-electron chi connectivity index (χ0n) is 9.77. The molecule has 1 heterocycles. The fourth-order valence-corrected chi connectivity index (χ4v) is 2.78.